The Bertz CT molecular complexity index is 1950. The van der Waals surface area contributed by atoms with E-state index in [0.29, 0.717) is 27.9 Å². The molecular formula is C28H23N2Na3O8S2. The topological polar surface area (TPSA) is 173 Å². The van der Waals surface area contributed by atoms with E-state index in [2.05, 4.69) is 16.7 Å². The summed E-state index contributed by atoms with van der Waals surface area (Å²) in [6.07, 6.45) is 0. The molecule has 0 spiro atoms. The molecule has 2 N–H and O–H groups in total. The summed E-state index contributed by atoms with van der Waals surface area (Å²) in [5.41, 5.74) is 3.32. The Morgan fingerprint density at radius 1 is 0.744 bits per heavy atom. The van der Waals surface area contributed by atoms with Gasteiger partial charge in [0.1, 0.15) is 10.1 Å². The largest absolute Gasteiger partial charge is 1.00 e. The monoisotopic (exact) mass is 648 g/mol. The number of anilines is 2. The van der Waals surface area contributed by atoms with Crippen LogP contribution in [0.5, 0.6) is 0 Å². The molecule has 0 aliphatic carbocycles. The van der Waals surface area contributed by atoms with E-state index in [4.69, 9.17) is 0 Å². The summed E-state index contributed by atoms with van der Waals surface area (Å²) < 4.78 is 71.4. The maximum Gasteiger partial charge on any atom is 1.00 e. The molecule has 208 valence electrons. The molecule has 0 bridgehead atoms. The van der Waals surface area contributed by atoms with Crippen molar-refractivity contribution in [2.45, 2.75) is 37.5 Å². The Morgan fingerprint density at radius 3 is 1.95 bits per heavy atom. The van der Waals surface area contributed by atoms with Crippen LogP contribution in [0.3, 0.4) is 0 Å². The van der Waals surface area contributed by atoms with Crippen molar-refractivity contribution in [3.63, 3.8) is 0 Å². The fourth-order valence-electron chi connectivity index (χ4n) is 4.69. The first-order chi connectivity index (χ1) is 18.6. The van der Waals surface area contributed by atoms with Gasteiger partial charge < -0.3 is 19.7 Å². The second kappa shape index (κ2) is 15.5. The minimum Gasteiger partial charge on any atom is -0.754 e. The van der Waals surface area contributed by atoms with Gasteiger partial charge in [0, 0.05) is 27.4 Å². The molecule has 4 aromatic rings. The molecule has 2 amide bonds. The molecule has 0 unspecified atom stereocenters. The molecular weight excluding hydrogens is 625 g/mol. The Balaban J connectivity index is 0.00000308. The van der Waals surface area contributed by atoms with Crippen molar-refractivity contribution in [3.05, 3.63) is 94.0 Å². The Labute approximate surface area is 316 Å². The molecule has 4 rings (SSSR count). The van der Waals surface area contributed by atoms with Crippen molar-refractivity contribution in [1.82, 2.24) is 0 Å². The molecule has 0 aromatic heterocycles. The van der Waals surface area contributed by atoms with E-state index in [1.54, 1.807) is 45.0 Å². The van der Waals surface area contributed by atoms with Crippen molar-refractivity contribution in [2.75, 3.05) is 10.6 Å². The van der Waals surface area contributed by atoms with Gasteiger partial charge >= 0.3 is 88.7 Å². The molecule has 0 aliphatic heterocycles. The van der Waals surface area contributed by atoms with Crippen LogP contribution < -0.4 is 99.3 Å². The van der Waals surface area contributed by atoms with Crippen molar-refractivity contribution >= 4 is 54.2 Å². The van der Waals surface area contributed by atoms with Gasteiger partial charge in [0.05, 0.1) is 10.1 Å². The van der Waals surface area contributed by atoms with E-state index in [9.17, 15) is 35.5 Å². The van der Waals surface area contributed by atoms with Crippen LogP contribution in [0, 0.1) is 33.8 Å². The second-order valence-corrected chi connectivity index (χ2v) is 12.0. The standard InChI is InChI=1S/C28H25N2O8S2.3Na/c1-15-7-5-8-19(13-15)27(31)30-26-17(3)14-16(2)24(18(26)4)28(32)29-21-11-12-22(39(33,34)35)20-9-6-10-23(25(20)21)40(36,37)38;;;/h5,7-14H,1-4H3,(H,29,32)(H,30,31)(H,33,34,35)(H,36,37,38);;;/q-1;3*+1/p-2. The van der Waals surface area contributed by atoms with Gasteiger partial charge in [-0.15, -0.1) is 5.39 Å². The number of fused-ring (bicyclic) bond motifs is 1. The van der Waals surface area contributed by atoms with Crippen LogP contribution in [0.4, 0.5) is 11.4 Å². The van der Waals surface area contributed by atoms with Gasteiger partial charge in [-0.2, -0.15) is 18.2 Å². The molecule has 15 heteroatoms. The summed E-state index contributed by atoms with van der Waals surface area (Å²) in [6, 6.07) is 14.9. The number of carbonyl (C=O) groups excluding carboxylic acids is 2. The molecule has 0 saturated heterocycles. The van der Waals surface area contributed by atoms with E-state index in [1.807, 2.05) is 13.0 Å². The normalized spacial score (nSPS) is 11.0. The summed E-state index contributed by atoms with van der Waals surface area (Å²) in [5.74, 6) is -1.10. The van der Waals surface area contributed by atoms with E-state index in [0.717, 1.165) is 29.8 Å². The molecule has 0 aliphatic rings. The fraction of sp³-hybridized carbons (Fsp3) is 0.143. The second-order valence-electron chi connectivity index (χ2n) is 9.29. The van der Waals surface area contributed by atoms with E-state index >= 15 is 0 Å². The average molecular weight is 649 g/mol. The SMILES string of the molecule is Cc1cccc(C(=O)Nc2c(C)cc(C)c(C(=O)Nc3ccc(S(=O)(=O)[O-])c4c[c-]cc(S(=O)(=O)[O-])c34)c2C)c1.[Na+].[Na+].[Na+]. The Morgan fingerprint density at radius 2 is 1.37 bits per heavy atom. The predicted octanol–water partition coefficient (Wildman–Crippen LogP) is -4.80. The number of hydrogen-bond acceptors (Lipinski definition) is 8. The minimum atomic E-state index is -5.16. The number of carbonyl (C=O) groups is 2. The number of amides is 2. The quantitative estimate of drug-likeness (QED) is 0.119. The van der Waals surface area contributed by atoms with Crippen molar-refractivity contribution in [1.29, 1.82) is 0 Å². The molecule has 43 heavy (non-hydrogen) atoms. The third kappa shape index (κ3) is 8.79. The number of nitrogens with one attached hydrogen (secondary N) is 2. The van der Waals surface area contributed by atoms with Crippen LogP contribution in [-0.4, -0.2) is 37.8 Å². The number of aryl methyl sites for hydroxylation is 3. The van der Waals surface area contributed by atoms with Gasteiger partial charge in [-0.05, 0) is 67.5 Å². The minimum absolute atomic E-state index is 0. The predicted molar refractivity (Wildman–Crippen MR) is 146 cm³/mol. The third-order valence-electron chi connectivity index (χ3n) is 6.40. The van der Waals surface area contributed by atoms with E-state index < -0.39 is 41.3 Å². The van der Waals surface area contributed by atoms with Crippen LogP contribution in [0.2, 0.25) is 0 Å². The summed E-state index contributed by atoms with van der Waals surface area (Å²) >= 11 is 0. The van der Waals surface area contributed by atoms with Crippen LogP contribution in [0.25, 0.3) is 10.8 Å². The van der Waals surface area contributed by atoms with Crippen molar-refractivity contribution in [3.8, 4) is 0 Å². The van der Waals surface area contributed by atoms with Crippen LogP contribution in [0.1, 0.15) is 43.0 Å². The molecule has 0 atom stereocenters. The number of hydrogen-bond donors (Lipinski definition) is 2. The average Bonchev–Trinajstić information content (AvgIpc) is 2.84. The van der Waals surface area contributed by atoms with Gasteiger partial charge in [-0.3, -0.25) is 18.0 Å². The van der Waals surface area contributed by atoms with Gasteiger partial charge in [0.15, 0.2) is 0 Å². The summed E-state index contributed by atoms with van der Waals surface area (Å²) in [4.78, 5) is 24.9. The van der Waals surface area contributed by atoms with Crippen LogP contribution in [-0.2, 0) is 20.2 Å². The van der Waals surface area contributed by atoms with Crippen molar-refractivity contribution < 1.29 is 124 Å². The third-order valence-corrected chi connectivity index (χ3v) is 8.15. The van der Waals surface area contributed by atoms with Crippen LogP contribution >= 0.6 is 0 Å². The zero-order valence-electron chi connectivity index (χ0n) is 24.8. The van der Waals surface area contributed by atoms with Crippen LogP contribution in [0.15, 0.2) is 64.4 Å². The zero-order chi connectivity index (χ0) is 29.6. The first-order valence-corrected chi connectivity index (χ1v) is 14.6. The Hall–Kier alpha value is -1.10. The Kier molecular flexibility index (Phi) is 14.4. The summed E-state index contributed by atoms with van der Waals surface area (Å²) in [5, 5.41) is 4.58. The van der Waals surface area contributed by atoms with Gasteiger partial charge in [-0.1, -0.05) is 35.2 Å². The smallest absolute Gasteiger partial charge is 0.754 e. The van der Waals surface area contributed by atoms with Crippen molar-refractivity contribution in [2.24, 2.45) is 0 Å². The van der Waals surface area contributed by atoms with E-state index in [-0.39, 0.29) is 111 Å². The molecule has 10 nitrogen and oxygen atoms in total. The van der Waals surface area contributed by atoms with E-state index in [1.165, 1.54) is 0 Å². The van der Waals surface area contributed by atoms with Gasteiger partial charge in [0.25, 0.3) is 11.8 Å². The fourth-order valence-corrected chi connectivity index (χ4v) is 6.03. The maximum atomic E-state index is 13.6. The molecule has 4 aromatic carbocycles. The molecule has 0 radical (unpaired) electrons. The maximum absolute atomic E-state index is 13.6. The number of rotatable bonds is 6. The van der Waals surface area contributed by atoms with Gasteiger partial charge in [-0.25, -0.2) is 8.42 Å². The zero-order valence-corrected chi connectivity index (χ0v) is 32.4. The molecule has 0 saturated carbocycles. The molecule has 0 heterocycles. The summed E-state index contributed by atoms with van der Waals surface area (Å²) in [7, 11) is -10.2. The molecule has 0 fully saturated rings. The summed E-state index contributed by atoms with van der Waals surface area (Å²) in [6.45, 7) is 6.93. The first kappa shape index (κ1) is 39.9. The number of benzene rings is 4. The van der Waals surface area contributed by atoms with Gasteiger partial charge in [0.2, 0.25) is 0 Å². The first-order valence-electron chi connectivity index (χ1n) is 11.8.